The van der Waals surface area contributed by atoms with Crippen molar-refractivity contribution in [3.8, 4) is 17.2 Å². The van der Waals surface area contributed by atoms with E-state index >= 15 is 0 Å². The Labute approximate surface area is 203 Å². The van der Waals surface area contributed by atoms with Gasteiger partial charge in [-0.15, -0.1) is 5.10 Å². The minimum Gasteiger partial charge on any atom is -0.495 e. The van der Waals surface area contributed by atoms with Crippen molar-refractivity contribution in [3.63, 3.8) is 0 Å². The van der Waals surface area contributed by atoms with E-state index in [2.05, 4.69) is 20.7 Å². The van der Waals surface area contributed by atoms with Crippen LogP contribution in [0.25, 0.3) is 0 Å². The van der Waals surface area contributed by atoms with Crippen LogP contribution in [-0.2, 0) is 11.0 Å². The van der Waals surface area contributed by atoms with Gasteiger partial charge in [0.05, 0.1) is 31.6 Å². The van der Waals surface area contributed by atoms with E-state index < -0.39 is 23.9 Å². The maximum absolute atomic E-state index is 13.6. The van der Waals surface area contributed by atoms with E-state index in [1.54, 1.807) is 49.4 Å². The summed E-state index contributed by atoms with van der Waals surface area (Å²) in [5, 5.41) is 9.32. The Bertz CT molecular complexity index is 1350. The van der Waals surface area contributed by atoms with E-state index in [0.717, 1.165) is 4.68 Å². The Balaban J connectivity index is 1.61. The molecular weight excluding hydrogens is 479 g/mol. The fourth-order valence-electron chi connectivity index (χ4n) is 4.16. The van der Waals surface area contributed by atoms with E-state index in [4.69, 9.17) is 14.2 Å². The predicted molar refractivity (Wildman–Crippen MR) is 123 cm³/mol. The number of halogens is 3. The van der Waals surface area contributed by atoms with Crippen molar-refractivity contribution < 1.29 is 32.2 Å². The van der Waals surface area contributed by atoms with Gasteiger partial charge < -0.3 is 24.8 Å². The van der Waals surface area contributed by atoms with Crippen LogP contribution in [0.4, 0.5) is 24.8 Å². The monoisotopic (exact) mass is 501 g/mol. The number of carbonyl (C=O) groups is 1. The number of aromatic nitrogens is 3. The lowest BCUT2D eigenvalue weighted by Crippen LogP contribution is -2.31. The highest BCUT2D eigenvalue weighted by molar-refractivity contribution is 6.06. The zero-order valence-electron chi connectivity index (χ0n) is 19.3. The number of nitrogens with one attached hydrogen (secondary N) is 2. The van der Waals surface area contributed by atoms with Gasteiger partial charge in [0.25, 0.3) is 11.7 Å². The Morgan fingerprint density at radius 2 is 1.92 bits per heavy atom. The lowest BCUT2D eigenvalue weighted by molar-refractivity contribution is -0.145. The molecule has 0 fully saturated rings. The predicted octanol–water partition coefficient (Wildman–Crippen LogP) is 4.39. The first-order valence-electron chi connectivity index (χ1n) is 11.1. The summed E-state index contributed by atoms with van der Waals surface area (Å²) in [5.74, 6) is -0.615. The number of benzene rings is 2. The van der Waals surface area contributed by atoms with Crippen LogP contribution in [0, 0.1) is 0 Å². The molecule has 2 aliphatic rings. The van der Waals surface area contributed by atoms with Gasteiger partial charge in [-0.1, -0.05) is 18.2 Å². The Hall–Kier alpha value is -4.22. The molecule has 36 heavy (non-hydrogen) atoms. The summed E-state index contributed by atoms with van der Waals surface area (Å²) < 4.78 is 58.3. The van der Waals surface area contributed by atoms with Crippen molar-refractivity contribution in [3.05, 3.63) is 65.1 Å². The molecule has 5 rings (SSSR count). The smallest absolute Gasteiger partial charge is 0.453 e. The number of fused-ring (bicyclic) bond motifs is 2. The first-order valence-corrected chi connectivity index (χ1v) is 11.1. The summed E-state index contributed by atoms with van der Waals surface area (Å²) in [4.78, 5) is 17.2. The van der Waals surface area contributed by atoms with Crippen molar-refractivity contribution in [1.29, 1.82) is 0 Å². The molecular formula is C24H22F3N5O4. The van der Waals surface area contributed by atoms with E-state index in [0.29, 0.717) is 53.8 Å². The highest BCUT2D eigenvalue weighted by Gasteiger charge is 2.41. The summed E-state index contributed by atoms with van der Waals surface area (Å²) in [6, 6.07) is 10.8. The topological polar surface area (TPSA) is 99.5 Å². The number of allylic oxidation sites excluding steroid dienone is 1. The van der Waals surface area contributed by atoms with E-state index in [9.17, 15) is 18.0 Å². The number of nitrogens with zero attached hydrogens (tertiary/aromatic N) is 3. The molecule has 9 nitrogen and oxygen atoms in total. The number of carbonyl (C=O) groups excluding carboxylic acids is 1. The second-order valence-electron chi connectivity index (χ2n) is 8.18. The van der Waals surface area contributed by atoms with Gasteiger partial charge in [-0.05, 0) is 36.8 Å². The molecule has 2 aliphatic heterocycles. The molecule has 0 aliphatic carbocycles. The van der Waals surface area contributed by atoms with Gasteiger partial charge in [0.2, 0.25) is 5.95 Å². The van der Waals surface area contributed by atoms with Crippen LogP contribution in [0.3, 0.4) is 0 Å². The molecule has 2 N–H and O–H groups in total. The number of hydrogen-bond donors (Lipinski definition) is 2. The van der Waals surface area contributed by atoms with Crippen molar-refractivity contribution >= 4 is 17.5 Å². The van der Waals surface area contributed by atoms with Gasteiger partial charge in [0.15, 0.2) is 11.5 Å². The first kappa shape index (κ1) is 23.5. The third-order valence-electron chi connectivity index (χ3n) is 5.79. The van der Waals surface area contributed by atoms with Crippen LogP contribution in [0.15, 0.2) is 53.7 Å². The fraction of sp³-hybridized carbons (Fsp3) is 0.292. The summed E-state index contributed by atoms with van der Waals surface area (Å²) in [7, 11) is 1.47. The zero-order valence-corrected chi connectivity index (χ0v) is 19.3. The minimum absolute atomic E-state index is 0.134. The van der Waals surface area contributed by atoms with Gasteiger partial charge in [-0.25, -0.2) is 4.68 Å². The third kappa shape index (κ3) is 4.30. The average Bonchev–Trinajstić information content (AvgIpc) is 3.14. The van der Waals surface area contributed by atoms with Crippen LogP contribution in [0.5, 0.6) is 17.2 Å². The lowest BCUT2D eigenvalue weighted by Gasteiger charge is -2.29. The van der Waals surface area contributed by atoms with Crippen molar-refractivity contribution in [2.24, 2.45) is 0 Å². The van der Waals surface area contributed by atoms with Gasteiger partial charge in [0, 0.05) is 12.1 Å². The normalized spacial score (nSPS) is 17.1. The highest BCUT2D eigenvalue weighted by atomic mass is 19.4. The number of amides is 1. The molecule has 1 amide bonds. The maximum Gasteiger partial charge on any atom is 0.453 e. The Morgan fingerprint density at radius 3 is 2.67 bits per heavy atom. The van der Waals surface area contributed by atoms with E-state index in [-0.39, 0.29) is 11.5 Å². The standard InChI is InChI=1S/C24H22F3N5O4/c1-13-19(21(33)29-15-6-3-4-7-16(15)34-2)20(32-23(28-13)30-22(31-32)24(25,26)27)14-8-9-17-18(12-14)36-11-5-10-35-17/h3-4,6-9,12,20H,5,10-11H2,1-2H3,(H,29,33)(H,28,30,31). The molecule has 0 saturated carbocycles. The molecule has 1 atom stereocenters. The van der Waals surface area contributed by atoms with Crippen molar-refractivity contribution in [2.45, 2.75) is 25.6 Å². The molecule has 188 valence electrons. The van der Waals surface area contributed by atoms with Crippen LogP contribution >= 0.6 is 0 Å². The molecule has 0 spiro atoms. The quantitative estimate of drug-likeness (QED) is 0.547. The fourth-order valence-corrected chi connectivity index (χ4v) is 4.16. The third-order valence-corrected chi connectivity index (χ3v) is 5.79. The number of para-hydroxylation sites is 2. The number of anilines is 2. The van der Waals surface area contributed by atoms with Gasteiger partial charge in [-0.2, -0.15) is 18.2 Å². The van der Waals surface area contributed by atoms with Gasteiger partial charge in [-0.3, -0.25) is 4.79 Å². The molecule has 3 heterocycles. The second kappa shape index (κ2) is 9.10. The second-order valence-corrected chi connectivity index (χ2v) is 8.18. The zero-order chi connectivity index (χ0) is 25.4. The number of methoxy groups -OCH3 is 1. The largest absolute Gasteiger partial charge is 0.495 e. The lowest BCUT2D eigenvalue weighted by atomic mass is 9.94. The number of rotatable bonds is 4. The molecule has 3 aromatic rings. The Kier molecular flexibility index (Phi) is 5.94. The first-order chi connectivity index (χ1) is 17.3. The average molecular weight is 501 g/mol. The summed E-state index contributed by atoms with van der Waals surface area (Å²) in [6.07, 6.45) is -4.08. The van der Waals surface area contributed by atoms with Gasteiger partial charge in [0.1, 0.15) is 11.8 Å². The number of hydrogen-bond acceptors (Lipinski definition) is 7. The summed E-state index contributed by atoms with van der Waals surface area (Å²) in [6.45, 7) is 2.50. The SMILES string of the molecule is COc1ccccc1NC(=O)C1=C(C)Nc2nc(C(F)(F)F)nn2C1c1ccc2c(c1)OCCCO2. The van der Waals surface area contributed by atoms with E-state index in [1.165, 1.54) is 7.11 Å². The van der Waals surface area contributed by atoms with Crippen molar-refractivity contribution in [2.75, 3.05) is 31.0 Å². The molecule has 0 saturated heterocycles. The number of alkyl halides is 3. The maximum atomic E-state index is 13.6. The molecule has 1 unspecified atom stereocenters. The number of ether oxygens (including phenoxy) is 3. The molecule has 2 aromatic carbocycles. The summed E-state index contributed by atoms with van der Waals surface area (Å²) in [5.41, 5.74) is 1.36. The minimum atomic E-state index is -4.77. The Morgan fingerprint density at radius 1 is 1.17 bits per heavy atom. The van der Waals surface area contributed by atoms with Crippen LogP contribution in [0.2, 0.25) is 0 Å². The van der Waals surface area contributed by atoms with E-state index in [1.807, 2.05) is 0 Å². The van der Waals surface area contributed by atoms with Crippen LogP contribution in [-0.4, -0.2) is 41.0 Å². The molecule has 1 aromatic heterocycles. The van der Waals surface area contributed by atoms with Gasteiger partial charge >= 0.3 is 6.18 Å². The highest BCUT2D eigenvalue weighted by Crippen LogP contribution is 2.41. The van der Waals surface area contributed by atoms with Crippen molar-refractivity contribution in [1.82, 2.24) is 14.8 Å². The van der Waals surface area contributed by atoms with Crippen LogP contribution in [0.1, 0.15) is 30.8 Å². The molecule has 12 heteroatoms. The van der Waals surface area contributed by atoms with Crippen LogP contribution < -0.4 is 24.8 Å². The molecule has 0 bridgehead atoms. The summed E-state index contributed by atoms with van der Waals surface area (Å²) >= 11 is 0. The molecule has 0 radical (unpaired) electrons.